The van der Waals surface area contributed by atoms with E-state index in [1.807, 2.05) is 18.7 Å². The van der Waals surface area contributed by atoms with Gasteiger partial charge in [-0.25, -0.2) is 0 Å². The molecule has 1 aliphatic carbocycles. The van der Waals surface area contributed by atoms with Crippen molar-refractivity contribution in [2.45, 2.75) is 70.6 Å². The second kappa shape index (κ2) is 13.7. The Kier molecular flexibility index (Phi) is 11.3. The van der Waals surface area contributed by atoms with E-state index in [4.69, 9.17) is 4.74 Å². The van der Waals surface area contributed by atoms with Gasteiger partial charge >= 0.3 is 6.18 Å². The molecule has 0 unspecified atom stereocenters. The molecule has 35 heavy (non-hydrogen) atoms. The first-order valence-corrected chi connectivity index (χ1v) is 12.5. The molecule has 1 saturated carbocycles. The quantitative estimate of drug-likeness (QED) is 0.352. The number of anilines is 2. The number of rotatable bonds is 11. The predicted octanol–water partition coefficient (Wildman–Crippen LogP) is 4.20. The topological polar surface area (TPSA) is 73.9 Å². The summed E-state index contributed by atoms with van der Waals surface area (Å²) in [4.78, 5) is 28.0. The largest absolute Gasteiger partial charge is 0.417 e. The average Bonchev–Trinajstić information content (AvgIpc) is 3.68. The number of nitrogens with zero attached hydrogens (tertiary/aromatic N) is 2. The summed E-state index contributed by atoms with van der Waals surface area (Å²) < 4.78 is 47.2. The highest BCUT2D eigenvalue weighted by molar-refractivity contribution is 5.99. The molecule has 0 bridgehead atoms. The van der Waals surface area contributed by atoms with E-state index in [0.29, 0.717) is 38.2 Å². The first-order chi connectivity index (χ1) is 16.8. The van der Waals surface area contributed by atoms with Gasteiger partial charge in [-0.15, -0.1) is 0 Å². The van der Waals surface area contributed by atoms with Gasteiger partial charge in [0.1, 0.15) is 0 Å². The fourth-order valence-corrected chi connectivity index (χ4v) is 4.16. The molecule has 0 spiro atoms. The molecule has 2 aliphatic rings. The van der Waals surface area contributed by atoms with Gasteiger partial charge in [0, 0.05) is 45.9 Å². The summed E-state index contributed by atoms with van der Waals surface area (Å²) in [5, 5.41) is 5.90. The summed E-state index contributed by atoms with van der Waals surface area (Å²) in [6.45, 7) is 6.49. The molecule has 1 aliphatic heterocycles. The van der Waals surface area contributed by atoms with Crippen LogP contribution < -0.4 is 20.4 Å². The monoisotopic (exact) mass is 500 g/mol. The maximum Gasteiger partial charge on any atom is 0.417 e. The lowest BCUT2D eigenvalue weighted by Crippen LogP contribution is -2.46. The lowest BCUT2D eigenvalue weighted by Gasteiger charge is -2.30. The summed E-state index contributed by atoms with van der Waals surface area (Å²) in [5.41, 5.74) is -0.823. The fourth-order valence-electron chi connectivity index (χ4n) is 4.16. The molecular weight excluding hydrogens is 461 g/mol. The van der Waals surface area contributed by atoms with E-state index in [1.165, 1.54) is 11.0 Å². The van der Waals surface area contributed by atoms with Crippen LogP contribution in [0.25, 0.3) is 0 Å². The summed E-state index contributed by atoms with van der Waals surface area (Å²) in [7, 11) is 3.38. The maximum absolute atomic E-state index is 14.0. The molecule has 2 amide bonds. The minimum absolute atomic E-state index is 0.114. The van der Waals surface area contributed by atoms with Crippen molar-refractivity contribution in [3.8, 4) is 0 Å². The molecule has 0 aromatic heterocycles. The lowest BCUT2D eigenvalue weighted by molar-refractivity contribution is -0.138. The number of amides is 2. The van der Waals surface area contributed by atoms with E-state index >= 15 is 0 Å². The Morgan fingerprint density at radius 1 is 1.20 bits per heavy atom. The van der Waals surface area contributed by atoms with Gasteiger partial charge in [0.2, 0.25) is 6.41 Å². The van der Waals surface area contributed by atoms with Crippen molar-refractivity contribution in [2.24, 2.45) is 0 Å². The van der Waals surface area contributed by atoms with E-state index in [-0.39, 0.29) is 17.8 Å². The molecule has 1 aromatic rings. The van der Waals surface area contributed by atoms with Crippen molar-refractivity contribution in [1.29, 1.82) is 0 Å². The number of hydrogen-bond donors (Lipinski definition) is 2. The number of carbonyl (C=O) groups excluding carboxylic acids is 2. The van der Waals surface area contributed by atoms with Gasteiger partial charge in [-0.05, 0) is 57.2 Å². The average molecular weight is 501 g/mol. The number of halogens is 3. The standard InChI is InChI=1S/C23H33F3N4O3.C2H6/c1-29(10-3-4-11-33-2)20-12-18(22(32)28-16-6-5-9-27-14-16)19(23(24,25)26)13-21(20)30(15-31)17-7-8-17;1-2/h12-13,15-17,27H,3-11,14H2,1-2H3,(H,28,32);1-2H3/t16-;/m1./s1. The number of nitrogens with one attached hydrogen (secondary N) is 2. The number of unbranched alkanes of at least 4 members (excludes halogenated alkanes) is 1. The van der Waals surface area contributed by atoms with Crippen molar-refractivity contribution in [1.82, 2.24) is 10.6 Å². The first-order valence-electron chi connectivity index (χ1n) is 12.5. The van der Waals surface area contributed by atoms with Crippen molar-refractivity contribution in [2.75, 3.05) is 50.2 Å². The Morgan fingerprint density at radius 3 is 2.46 bits per heavy atom. The second-order valence-electron chi connectivity index (χ2n) is 8.77. The molecule has 10 heteroatoms. The predicted molar refractivity (Wildman–Crippen MR) is 132 cm³/mol. The number of methoxy groups -OCH3 is 1. The molecule has 1 atom stereocenters. The molecule has 7 nitrogen and oxygen atoms in total. The normalized spacial score (nSPS) is 17.7. The van der Waals surface area contributed by atoms with Crippen LogP contribution in [0.3, 0.4) is 0 Å². The smallest absolute Gasteiger partial charge is 0.385 e. The summed E-state index contributed by atoms with van der Waals surface area (Å²) >= 11 is 0. The number of benzene rings is 1. The van der Waals surface area contributed by atoms with Crippen molar-refractivity contribution in [3.05, 3.63) is 23.3 Å². The number of hydrogen-bond acceptors (Lipinski definition) is 5. The Balaban J connectivity index is 0.00000210. The van der Waals surface area contributed by atoms with Crippen molar-refractivity contribution in [3.63, 3.8) is 0 Å². The van der Waals surface area contributed by atoms with Crippen LogP contribution in [0.4, 0.5) is 24.5 Å². The van der Waals surface area contributed by atoms with Crippen LogP contribution >= 0.6 is 0 Å². The zero-order valence-electron chi connectivity index (χ0n) is 21.2. The van der Waals surface area contributed by atoms with Gasteiger partial charge in [0.25, 0.3) is 5.91 Å². The highest BCUT2D eigenvalue weighted by Crippen LogP contribution is 2.42. The SMILES string of the molecule is CC.COCCCCN(C)c1cc(C(=O)N[C@@H]2CCCNC2)c(C(F)(F)F)cc1N(C=O)C1CC1. The zero-order chi connectivity index (χ0) is 26.0. The van der Waals surface area contributed by atoms with E-state index in [9.17, 15) is 22.8 Å². The van der Waals surface area contributed by atoms with Crippen LogP contribution in [0.1, 0.15) is 68.3 Å². The third kappa shape index (κ3) is 8.10. The highest BCUT2D eigenvalue weighted by Gasteiger charge is 2.39. The molecule has 1 saturated heterocycles. The lowest BCUT2D eigenvalue weighted by atomic mass is 10.0. The summed E-state index contributed by atoms with van der Waals surface area (Å²) in [5.74, 6) is -0.749. The number of piperidine rings is 1. The van der Waals surface area contributed by atoms with Crippen molar-refractivity contribution >= 4 is 23.7 Å². The second-order valence-corrected chi connectivity index (χ2v) is 8.77. The minimum atomic E-state index is -4.74. The van der Waals surface area contributed by atoms with E-state index in [0.717, 1.165) is 44.7 Å². The first kappa shape index (κ1) is 28.9. The number of ether oxygens (including phenoxy) is 1. The fraction of sp³-hybridized carbons (Fsp3) is 0.680. The van der Waals surface area contributed by atoms with Gasteiger partial charge in [0.15, 0.2) is 0 Å². The highest BCUT2D eigenvalue weighted by atomic mass is 19.4. The Labute approximate surface area is 206 Å². The van der Waals surface area contributed by atoms with Gasteiger partial charge in [-0.3, -0.25) is 9.59 Å². The molecule has 2 N–H and O–H groups in total. The summed E-state index contributed by atoms with van der Waals surface area (Å²) in [6.07, 6.45) is 0.445. The van der Waals surface area contributed by atoms with Gasteiger partial charge in [0.05, 0.1) is 22.5 Å². The van der Waals surface area contributed by atoms with Crippen LogP contribution in [0.2, 0.25) is 0 Å². The van der Waals surface area contributed by atoms with Gasteiger partial charge in [-0.1, -0.05) is 13.8 Å². The molecule has 1 heterocycles. The molecular formula is C25H39F3N4O3. The molecule has 198 valence electrons. The van der Waals surface area contributed by atoms with Crippen LogP contribution in [0.15, 0.2) is 12.1 Å². The van der Waals surface area contributed by atoms with E-state index < -0.39 is 23.2 Å². The maximum atomic E-state index is 14.0. The van der Waals surface area contributed by atoms with E-state index in [1.54, 1.807) is 14.2 Å². The van der Waals surface area contributed by atoms with Crippen molar-refractivity contribution < 1.29 is 27.5 Å². The summed E-state index contributed by atoms with van der Waals surface area (Å²) in [6, 6.07) is 1.91. The van der Waals surface area contributed by atoms with Crippen LogP contribution in [0.5, 0.6) is 0 Å². The Morgan fingerprint density at radius 2 is 1.91 bits per heavy atom. The number of carbonyl (C=O) groups is 2. The number of alkyl halides is 3. The zero-order valence-corrected chi connectivity index (χ0v) is 21.2. The molecule has 0 radical (unpaired) electrons. The van der Waals surface area contributed by atoms with Crippen LogP contribution in [-0.2, 0) is 15.7 Å². The Bertz CT molecular complexity index is 825. The van der Waals surface area contributed by atoms with Crippen LogP contribution in [-0.4, -0.2) is 64.8 Å². The minimum Gasteiger partial charge on any atom is -0.385 e. The van der Waals surface area contributed by atoms with E-state index in [2.05, 4.69) is 10.6 Å². The van der Waals surface area contributed by atoms with Crippen LogP contribution in [0, 0.1) is 0 Å². The molecule has 3 rings (SSSR count). The van der Waals surface area contributed by atoms with Gasteiger partial charge < -0.3 is 25.2 Å². The van der Waals surface area contributed by atoms with Gasteiger partial charge in [-0.2, -0.15) is 13.2 Å². The third-order valence-electron chi connectivity index (χ3n) is 6.13. The molecule has 2 fully saturated rings. The molecule has 1 aromatic carbocycles. The third-order valence-corrected chi connectivity index (χ3v) is 6.13. The Hall–Kier alpha value is -2.33.